The number of allylic oxidation sites excluding steroid dienone is 4. The summed E-state index contributed by atoms with van der Waals surface area (Å²) in [6.07, 6.45) is 9.74. The van der Waals surface area contributed by atoms with Crippen LogP contribution in [0.4, 0.5) is 0 Å². The van der Waals surface area contributed by atoms with E-state index in [0.29, 0.717) is 0 Å². The smallest absolute Gasteiger partial charge is 0.244 e. The predicted octanol–water partition coefficient (Wildman–Crippen LogP) is 1.10. The molecule has 3 nitrogen and oxygen atoms in total. The monoisotopic (exact) mass is 180 g/mol. The summed E-state index contributed by atoms with van der Waals surface area (Å²) in [5.74, 6) is -0.0867. The van der Waals surface area contributed by atoms with Crippen LogP contribution in [-0.2, 0) is 4.79 Å². The Morgan fingerprint density at radius 2 is 1.85 bits per heavy atom. The van der Waals surface area contributed by atoms with Gasteiger partial charge in [0, 0.05) is 12.1 Å². The first-order valence-corrected chi connectivity index (χ1v) is 4.19. The highest BCUT2D eigenvalue weighted by molar-refractivity contribution is 5.87. The second-order valence-electron chi connectivity index (χ2n) is 2.79. The molecule has 0 fully saturated rings. The quantitative estimate of drug-likeness (QED) is 0.502. The predicted molar refractivity (Wildman–Crippen MR) is 54.9 cm³/mol. The van der Waals surface area contributed by atoms with E-state index >= 15 is 0 Å². The number of carbonyl (C=O) groups is 1. The van der Waals surface area contributed by atoms with Crippen LogP contribution in [0.25, 0.3) is 0 Å². The number of nitrogens with two attached hydrogens (primary N) is 1. The van der Waals surface area contributed by atoms with Crippen molar-refractivity contribution in [3.05, 3.63) is 36.6 Å². The lowest BCUT2D eigenvalue weighted by Gasteiger charge is -2.03. The summed E-state index contributed by atoms with van der Waals surface area (Å²) in [5, 5.41) is 2.73. The van der Waals surface area contributed by atoms with Gasteiger partial charge < -0.3 is 11.1 Å². The first-order chi connectivity index (χ1) is 6.16. The van der Waals surface area contributed by atoms with Crippen LogP contribution in [0.15, 0.2) is 36.6 Å². The molecule has 0 aliphatic carbocycles. The minimum absolute atomic E-state index is 0.0867. The van der Waals surface area contributed by atoms with Crippen molar-refractivity contribution in [2.24, 2.45) is 5.73 Å². The molecule has 0 aliphatic rings. The third-order valence-electron chi connectivity index (χ3n) is 1.12. The van der Waals surface area contributed by atoms with Gasteiger partial charge in [-0.3, -0.25) is 4.79 Å². The zero-order chi connectivity index (χ0) is 10.1. The molecule has 13 heavy (non-hydrogen) atoms. The van der Waals surface area contributed by atoms with E-state index in [1.807, 2.05) is 13.8 Å². The third kappa shape index (κ3) is 8.40. The van der Waals surface area contributed by atoms with Crippen LogP contribution in [0.1, 0.15) is 13.8 Å². The van der Waals surface area contributed by atoms with Gasteiger partial charge in [-0.25, -0.2) is 0 Å². The summed E-state index contributed by atoms with van der Waals surface area (Å²) in [6, 6.07) is 0.171. The van der Waals surface area contributed by atoms with Crippen molar-refractivity contribution >= 4 is 5.91 Å². The van der Waals surface area contributed by atoms with Crippen LogP contribution in [0, 0.1) is 0 Å². The maximum atomic E-state index is 11.0. The van der Waals surface area contributed by atoms with Crippen molar-refractivity contribution in [2.45, 2.75) is 19.9 Å². The average molecular weight is 180 g/mol. The Balaban J connectivity index is 3.78. The Bertz CT molecular complexity index is 227. The number of nitrogens with one attached hydrogen (secondary N) is 1. The van der Waals surface area contributed by atoms with Gasteiger partial charge in [-0.1, -0.05) is 18.2 Å². The van der Waals surface area contributed by atoms with Crippen molar-refractivity contribution in [3.8, 4) is 0 Å². The van der Waals surface area contributed by atoms with Crippen molar-refractivity contribution in [2.75, 3.05) is 0 Å². The first-order valence-electron chi connectivity index (χ1n) is 4.19. The lowest BCUT2D eigenvalue weighted by molar-refractivity contribution is -0.116. The number of rotatable bonds is 4. The van der Waals surface area contributed by atoms with E-state index in [4.69, 9.17) is 5.73 Å². The Morgan fingerprint density at radius 3 is 2.38 bits per heavy atom. The SMILES string of the molecule is CC(C)NC(=O)/C=C/C=C\C=C\N. The van der Waals surface area contributed by atoms with Gasteiger partial charge in [0.25, 0.3) is 0 Å². The molecule has 0 aromatic rings. The number of hydrogen-bond acceptors (Lipinski definition) is 2. The molecule has 0 atom stereocenters. The molecule has 0 spiro atoms. The van der Waals surface area contributed by atoms with Gasteiger partial charge >= 0.3 is 0 Å². The Labute approximate surface area is 79.0 Å². The number of carbonyl (C=O) groups excluding carboxylic acids is 1. The van der Waals surface area contributed by atoms with E-state index < -0.39 is 0 Å². The molecule has 0 aromatic carbocycles. The molecule has 0 bridgehead atoms. The van der Waals surface area contributed by atoms with Gasteiger partial charge in [0.05, 0.1) is 0 Å². The highest BCUT2D eigenvalue weighted by Crippen LogP contribution is 1.81. The van der Waals surface area contributed by atoms with Crippen LogP contribution < -0.4 is 11.1 Å². The largest absolute Gasteiger partial charge is 0.405 e. The standard InChI is InChI=1S/C10H16N2O/c1-9(2)12-10(13)7-5-3-4-6-8-11/h3-9H,11H2,1-2H3,(H,12,13)/b4-3-,7-5+,8-6+. The second kappa shape index (κ2) is 7.16. The van der Waals surface area contributed by atoms with Crippen LogP contribution in [0.2, 0.25) is 0 Å². The average Bonchev–Trinajstić information content (AvgIpc) is 2.02. The molecule has 0 saturated carbocycles. The molecule has 1 amide bonds. The van der Waals surface area contributed by atoms with Gasteiger partial charge in [-0.05, 0) is 26.1 Å². The molecule has 0 aliphatic heterocycles. The number of hydrogen-bond donors (Lipinski definition) is 2. The molecule has 0 heterocycles. The fourth-order valence-corrected chi connectivity index (χ4v) is 0.668. The van der Waals surface area contributed by atoms with E-state index in [1.165, 1.54) is 12.3 Å². The number of amides is 1. The van der Waals surface area contributed by atoms with E-state index in [1.54, 1.807) is 24.3 Å². The van der Waals surface area contributed by atoms with Gasteiger partial charge in [0.1, 0.15) is 0 Å². The molecule has 0 rings (SSSR count). The Kier molecular flexibility index (Phi) is 6.32. The lowest BCUT2D eigenvalue weighted by atomic mass is 10.3. The van der Waals surface area contributed by atoms with Crippen molar-refractivity contribution in [1.29, 1.82) is 0 Å². The van der Waals surface area contributed by atoms with Gasteiger partial charge in [0.15, 0.2) is 0 Å². The van der Waals surface area contributed by atoms with Gasteiger partial charge in [-0.2, -0.15) is 0 Å². The van der Waals surface area contributed by atoms with Crippen molar-refractivity contribution in [1.82, 2.24) is 5.32 Å². The molecule has 0 radical (unpaired) electrons. The molecule has 3 N–H and O–H groups in total. The molecule has 0 saturated heterocycles. The molecular formula is C10H16N2O. The van der Waals surface area contributed by atoms with Gasteiger partial charge in [0.2, 0.25) is 5.91 Å². The lowest BCUT2D eigenvalue weighted by Crippen LogP contribution is -2.28. The zero-order valence-corrected chi connectivity index (χ0v) is 8.03. The summed E-state index contributed by atoms with van der Waals surface area (Å²) >= 11 is 0. The summed E-state index contributed by atoms with van der Waals surface area (Å²) < 4.78 is 0. The summed E-state index contributed by atoms with van der Waals surface area (Å²) in [4.78, 5) is 11.0. The van der Waals surface area contributed by atoms with E-state index in [9.17, 15) is 4.79 Å². The van der Waals surface area contributed by atoms with Crippen LogP contribution in [0.3, 0.4) is 0 Å². The summed E-state index contributed by atoms with van der Waals surface area (Å²) in [6.45, 7) is 3.83. The molecule has 3 heteroatoms. The second-order valence-corrected chi connectivity index (χ2v) is 2.79. The fraction of sp³-hybridized carbons (Fsp3) is 0.300. The van der Waals surface area contributed by atoms with E-state index in [2.05, 4.69) is 5.32 Å². The van der Waals surface area contributed by atoms with Gasteiger partial charge in [-0.15, -0.1) is 0 Å². The minimum atomic E-state index is -0.0867. The minimum Gasteiger partial charge on any atom is -0.405 e. The molecular weight excluding hydrogens is 164 g/mol. The summed E-state index contributed by atoms with van der Waals surface area (Å²) in [7, 11) is 0. The maximum absolute atomic E-state index is 11.0. The molecule has 0 aromatic heterocycles. The molecule has 0 unspecified atom stereocenters. The first kappa shape index (κ1) is 11.5. The van der Waals surface area contributed by atoms with Crippen LogP contribution in [-0.4, -0.2) is 11.9 Å². The van der Waals surface area contributed by atoms with Crippen LogP contribution in [0.5, 0.6) is 0 Å². The zero-order valence-electron chi connectivity index (χ0n) is 8.03. The van der Waals surface area contributed by atoms with Crippen LogP contribution >= 0.6 is 0 Å². The Morgan fingerprint density at radius 1 is 1.23 bits per heavy atom. The third-order valence-corrected chi connectivity index (χ3v) is 1.12. The normalized spacial score (nSPS) is 12.2. The van der Waals surface area contributed by atoms with Crippen molar-refractivity contribution < 1.29 is 4.79 Å². The highest BCUT2D eigenvalue weighted by Gasteiger charge is 1.95. The topological polar surface area (TPSA) is 55.1 Å². The van der Waals surface area contributed by atoms with E-state index in [0.717, 1.165) is 0 Å². The Hall–Kier alpha value is -1.51. The van der Waals surface area contributed by atoms with Crippen molar-refractivity contribution in [3.63, 3.8) is 0 Å². The summed E-state index contributed by atoms with van der Waals surface area (Å²) in [5.41, 5.74) is 5.10. The fourth-order valence-electron chi connectivity index (χ4n) is 0.668. The van der Waals surface area contributed by atoms with E-state index in [-0.39, 0.29) is 11.9 Å². The highest BCUT2D eigenvalue weighted by atomic mass is 16.1. The molecule has 72 valence electrons. The maximum Gasteiger partial charge on any atom is 0.244 e.